The zero-order chi connectivity index (χ0) is 21.7. The quantitative estimate of drug-likeness (QED) is 0.545. The molecule has 158 valence electrons. The lowest BCUT2D eigenvalue weighted by Gasteiger charge is -2.22. The van der Waals surface area contributed by atoms with Gasteiger partial charge in [-0.1, -0.05) is 35.9 Å². The SMILES string of the molecule is CCN(Cc1ccc(N(C)C)cc1)C(=O)CCn1c(-c2cccc(C)c2)n[nH]c1=S. The van der Waals surface area contributed by atoms with Crippen molar-refractivity contribution >= 4 is 23.8 Å². The molecule has 2 aromatic carbocycles. The molecule has 0 radical (unpaired) electrons. The molecule has 3 rings (SSSR count). The Labute approximate surface area is 183 Å². The van der Waals surface area contributed by atoms with Gasteiger partial charge in [0.15, 0.2) is 10.6 Å². The summed E-state index contributed by atoms with van der Waals surface area (Å²) in [5, 5.41) is 7.24. The number of aromatic amines is 1. The maximum Gasteiger partial charge on any atom is 0.224 e. The minimum absolute atomic E-state index is 0.104. The molecule has 0 saturated carbocycles. The Morgan fingerprint density at radius 2 is 1.90 bits per heavy atom. The molecule has 0 bridgehead atoms. The number of benzene rings is 2. The third-order valence-electron chi connectivity index (χ3n) is 5.14. The van der Waals surface area contributed by atoms with Crippen LogP contribution in [0.15, 0.2) is 48.5 Å². The molecule has 0 aliphatic carbocycles. The largest absolute Gasteiger partial charge is 0.378 e. The van der Waals surface area contributed by atoms with E-state index in [9.17, 15) is 4.79 Å². The number of nitrogens with one attached hydrogen (secondary N) is 1. The van der Waals surface area contributed by atoms with Gasteiger partial charge in [-0.3, -0.25) is 14.5 Å². The summed E-state index contributed by atoms with van der Waals surface area (Å²) >= 11 is 5.41. The standard InChI is InChI=1S/C23H29N5OS/c1-5-27(16-18-9-11-20(12-10-18)26(3)4)21(29)13-14-28-22(24-25-23(28)30)19-8-6-7-17(2)15-19/h6-12,15H,5,13-14,16H2,1-4H3,(H,25,30). The number of carbonyl (C=O) groups is 1. The van der Waals surface area contributed by atoms with E-state index < -0.39 is 0 Å². The molecule has 30 heavy (non-hydrogen) atoms. The van der Waals surface area contributed by atoms with Gasteiger partial charge in [0.05, 0.1) is 0 Å². The molecule has 1 amide bonds. The van der Waals surface area contributed by atoms with Gasteiger partial charge in [0.25, 0.3) is 0 Å². The number of hydrogen-bond acceptors (Lipinski definition) is 4. The van der Waals surface area contributed by atoms with Gasteiger partial charge in [-0.15, -0.1) is 0 Å². The first kappa shape index (κ1) is 21.8. The van der Waals surface area contributed by atoms with Gasteiger partial charge in [-0.05, 0) is 49.8 Å². The van der Waals surface area contributed by atoms with E-state index >= 15 is 0 Å². The highest BCUT2D eigenvalue weighted by atomic mass is 32.1. The number of H-pyrrole nitrogens is 1. The van der Waals surface area contributed by atoms with Crippen molar-refractivity contribution in [3.05, 3.63) is 64.4 Å². The number of anilines is 1. The molecule has 0 unspecified atom stereocenters. The second-order valence-electron chi connectivity index (χ2n) is 7.59. The van der Waals surface area contributed by atoms with Crippen LogP contribution in [-0.2, 0) is 17.9 Å². The number of nitrogens with zero attached hydrogens (tertiary/aromatic N) is 4. The lowest BCUT2D eigenvalue weighted by molar-refractivity contribution is -0.131. The minimum atomic E-state index is 0.104. The predicted octanol–water partition coefficient (Wildman–Crippen LogP) is 4.42. The summed E-state index contributed by atoms with van der Waals surface area (Å²) in [5.41, 5.74) is 4.41. The van der Waals surface area contributed by atoms with Crippen molar-refractivity contribution in [2.75, 3.05) is 25.5 Å². The maximum atomic E-state index is 12.9. The molecule has 1 aromatic heterocycles. The first-order valence-corrected chi connectivity index (χ1v) is 10.6. The van der Waals surface area contributed by atoms with E-state index in [2.05, 4.69) is 45.4 Å². The van der Waals surface area contributed by atoms with Crippen LogP contribution in [0.3, 0.4) is 0 Å². The maximum absolute atomic E-state index is 12.9. The molecular formula is C23H29N5OS. The third kappa shape index (κ3) is 5.16. The van der Waals surface area contributed by atoms with Crippen LogP contribution in [0, 0.1) is 11.7 Å². The fourth-order valence-corrected chi connectivity index (χ4v) is 3.61. The van der Waals surface area contributed by atoms with Crippen LogP contribution < -0.4 is 4.90 Å². The Hall–Kier alpha value is -2.93. The Kier molecular flexibility index (Phi) is 7.05. The zero-order valence-electron chi connectivity index (χ0n) is 18.1. The van der Waals surface area contributed by atoms with Crippen LogP contribution in [0.2, 0.25) is 0 Å². The fourth-order valence-electron chi connectivity index (χ4n) is 3.39. The van der Waals surface area contributed by atoms with Crippen molar-refractivity contribution in [1.82, 2.24) is 19.7 Å². The van der Waals surface area contributed by atoms with Gasteiger partial charge >= 0.3 is 0 Å². The average Bonchev–Trinajstić information content (AvgIpc) is 3.11. The van der Waals surface area contributed by atoms with Crippen LogP contribution in [0.1, 0.15) is 24.5 Å². The summed E-state index contributed by atoms with van der Waals surface area (Å²) in [5.74, 6) is 0.867. The summed E-state index contributed by atoms with van der Waals surface area (Å²) in [6.07, 6.45) is 0.371. The van der Waals surface area contributed by atoms with Gasteiger partial charge in [0, 0.05) is 51.4 Å². The molecular weight excluding hydrogens is 394 g/mol. The summed E-state index contributed by atoms with van der Waals surface area (Å²) in [7, 11) is 4.03. The highest BCUT2D eigenvalue weighted by Crippen LogP contribution is 2.19. The number of hydrogen-bond donors (Lipinski definition) is 1. The molecule has 0 spiro atoms. The first-order chi connectivity index (χ1) is 14.4. The van der Waals surface area contributed by atoms with Crippen LogP contribution in [-0.4, -0.2) is 46.2 Å². The Balaban J connectivity index is 1.68. The summed E-state index contributed by atoms with van der Waals surface area (Å²) in [4.78, 5) is 16.8. The molecule has 3 aromatic rings. The van der Waals surface area contributed by atoms with E-state index in [1.807, 2.05) is 55.6 Å². The average molecular weight is 424 g/mol. The van der Waals surface area contributed by atoms with Gasteiger partial charge in [0.1, 0.15) is 0 Å². The van der Waals surface area contributed by atoms with Crippen molar-refractivity contribution in [2.24, 2.45) is 0 Å². The van der Waals surface area contributed by atoms with Crippen LogP contribution in [0.4, 0.5) is 5.69 Å². The van der Waals surface area contributed by atoms with Crippen molar-refractivity contribution in [3.8, 4) is 11.4 Å². The van der Waals surface area contributed by atoms with Crippen molar-refractivity contribution in [3.63, 3.8) is 0 Å². The van der Waals surface area contributed by atoms with E-state index in [-0.39, 0.29) is 5.91 Å². The van der Waals surface area contributed by atoms with Crippen molar-refractivity contribution in [2.45, 2.75) is 33.4 Å². The number of rotatable bonds is 8. The van der Waals surface area contributed by atoms with Crippen LogP contribution >= 0.6 is 12.2 Å². The van der Waals surface area contributed by atoms with E-state index in [0.717, 1.165) is 28.2 Å². The van der Waals surface area contributed by atoms with Crippen molar-refractivity contribution < 1.29 is 4.79 Å². The third-order valence-corrected chi connectivity index (χ3v) is 5.46. The molecule has 1 N–H and O–H groups in total. The first-order valence-electron chi connectivity index (χ1n) is 10.1. The summed E-state index contributed by atoms with van der Waals surface area (Å²) in [6, 6.07) is 16.4. The topological polar surface area (TPSA) is 57.2 Å². The predicted molar refractivity (Wildman–Crippen MR) is 124 cm³/mol. The summed E-state index contributed by atoms with van der Waals surface area (Å²) in [6.45, 7) is 5.81. The highest BCUT2D eigenvalue weighted by Gasteiger charge is 2.15. The molecule has 1 heterocycles. The minimum Gasteiger partial charge on any atom is -0.378 e. The van der Waals surface area contributed by atoms with Gasteiger partial charge in [0.2, 0.25) is 5.91 Å². The number of aryl methyl sites for hydroxylation is 1. The van der Waals surface area contributed by atoms with Crippen molar-refractivity contribution in [1.29, 1.82) is 0 Å². The lowest BCUT2D eigenvalue weighted by Crippen LogP contribution is -2.31. The monoisotopic (exact) mass is 423 g/mol. The summed E-state index contributed by atoms with van der Waals surface area (Å²) < 4.78 is 2.43. The Morgan fingerprint density at radius 1 is 1.17 bits per heavy atom. The van der Waals surface area contributed by atoms with E-state index in [1.54, 1.807) is 0 Å². The fraction of sp³-hybridized carbons (Fsp3) is 0.348. The smallest absolute Gasteiger partial charge is 0.224 e. The lowest BCUT2D eigenvalue weighted by atomic mass is 10.1. The van der Waals surface area contributed by atoms with E-state index in [1.165, 1.54) is 0 Å². The molecule has 0 saturated heterocycles. The van der Waals surface area contributed by atoms with Gasteiger partial charge in [-0.25, -0.2) is 0 Å². The number of amides is 1. The molecule has 0 aliphatic rings. The Bertz CT molecular complexity index is 1050. The van der Waals surface area contributed by atoms with Gasteiger partial charge in [-0.2, -0.15) is 5.10 Å². The van der Waals surface area contributed by atoms with Crippen LogP contribution in [0.25, 0.3) is 11.4 Å². The number of aromatic nitrogens is 3. The Morgan fingerprint density at radius 3 is 2.53 bits per heavy atom. The zero-order valence-corrected chi connectivity index (χ0v) is 18.9. The molecule has 0 atom stereocenters. The second-order valence-corrected chi connectivity index (χ2v) is 7.98. The normalized spacial score (nSPS) is 10.8. The second kappa shape index (κ2) is 9.71. The molecule has 0 aliphatic heterocycles. The molecule has 6 nitrogen and oxygen atoms in total. The highest BCUT2D eigenvalue weighted by molar-refractivity contribution is 7.71. The molecule has 0 fully saturated rings. The van der Waals surface area contributed by atoms with E-state index in [4.69, 9.17) is 12.2 Å². The number of carbonyl (C=O) groups excluding carboxylic acids is 1. The molecule has 7 heteroatoms. The van der Waals surface area contributed by atoms with Gasteiger partial charge < -0.3 is 9.80 Å². The van der Waals surface area contributed by atoms with Crippen LogP contribution in [0.5, 0.6) is 0 Å². The van der Waals surface area contributed by atoms with E-state index in [0.29, 0.717) is 30.8 Å².